The third kappa shape index (κ3) is 5.27. The van der Waals surface area contributed by atoms with Crippen molar-refractivity contribution in [1.82, 2.24) is 10.2 Å². The summed E-state index contributed by atoms with van der Waals surface area (Å²) >= 11 is 5.38. The first kappa shape index (κ1) is 18.8. The smallest absolute Gasteiger partial charge is 0.220 e. The van der Waals surface area contributed by atoms with Gasteiger partial charge in [-0.25, -0.2) is 0 Å². The molecule has 0 aliphatic carbocycles. The molecule has 0 bridgehead atoms. The molecule has 1 N–H and O–H groups in total. The predicted octanol–water partition coefficient (Wildman–Crippen LogP) is 2.03. The highest BCUT2D eigenvalue weighted by Crippen LogP contribution is 2.31. The first-order valence-corrected chi connectivity index (χ1v) is 9.22. The van der Waals surface area contributed by atoms with Gasteiger partial charge in [-0.2, -0.15) is 0 Å². The Hall–Kier alpha value is -1.96. The number of carbonyl (C=O) groups excluding carboxylic acids is 1. The zero-order valence-corrected chi connectivity index (χ0v) is 15.8. The molecule has 1 aromatic carbocycles. The van der Waals surface area contributed by atoms with Gasteiger partial charge >= 0.3 is 0 Å². The van der Waals surface area contributed by atoms with Gasteiger partial charge in [-0.15, -0.1) is 0 Å². The first-order chi connectivity index (χ1) is 12.6. The fourth-order valence-electron chi connectivity index (χ4n) is 2.92. The molecule has 2 heterocycles. The molecular formula is C19H24N2O4S. The van der Waals surface area contributed by atoms with Gasteiger partial charge in [0, 0.05) is 32.1 Å². The number of nitrogens with one attached hydrogen (secondary N) is 1. The molecule has 26 heavy (non-hydrogen) atoms. The fourth-order valence-corrected chi connectivity index (χ4v) is 3.19. The molecule has 1 saturated heterocycles. The van der Waals surface area contributed by atoms with Gasteiger partial charge in [0.1, 0.15) is 18.1 Å². The van der Waals surface area contributed by atoms with Crippen LogP contribution in [0.3, 0.4) is 0 Å². The maximum atomic E-state index is 11.4. The number of hydrogen-bond donors (Lipinski definition) is 1. The molecule has 2 aliphatic heterocycles. The van der Waals surface area contributed by atoms with E-state index in [1.165, 1.54) is 0 Å². The van der Waals surface area contributed by atoms with Gasteiger partial charge in [-0.1, -0.05) is 0 Å². The van der Waals surface area contributed by atoms with Crippen LogP contribution >= 0.6 is 12.2 Å². The van der Waals surface area contributed by atoms with E-state index in [0.29, 0.717) is 36.8 Å². The van der Waals surface area contributed by atoms with Crippen molar-refractivity contribution in [3.05, 3.63) is 29.3 Å². The van der Waals surface area contributed by atoms with Crippen molar-refractivity contribution in [3.8, 4) is 11.5 Å². The van der Waals surface area contributed by atoms with E-state index in [2.05, 4.69) is 16.3 Å². The summed E-state index contributed by atoms with van der Waals surface area (Å²) in [5, 5.41) is 3.18. The minimum absolute atomic E-state index is 0.0299. The standard InChI is InChI=1S/C19H24N2O4S/c1-20-18(22)5-2-14-10-15-11-16(3-4-17(15)24-13-14)25-19(26)12-21-6-8-23-9-7-21/h3-4,10-11H,2,5-9,12-13H2,1H3,(H,20,22). The van der Waals surface area contributed by atoms with Crippen molar-refractivity contribution in [2.45, 2.75) is 12.8 Å². The first-order valence-electron chi connectivity index (χ1n) is 8.81. The summed E-state index contributed by atoms with van der Waals surface area (Å²) in [7, 11) is 1.65. The SMILES string of the molecule is CNC(=O)CCC1=Cc2cc(OC(=S)CN3CCOCC3)ccc2OC1. The maximum Gasteiger partial charge on any atom is 0.220 e. The monoisotopic (exact) mass is 376 g/mol. The third-order valence-corrected chi connectivity index (χ3v) is 4.61. The minimum atomic E-state index is 0.0299. The van der Waals surface area contributed by atoms with Gasteiger partial charge in [0.15, 0.2) is 5.05 Å². The van der Waals surface area contributed by atoms with Crippen LogP contribution in [0.2, 0.25) is 0 Å². The second-order valence-corrected chi connectivity index (χ2v) is 6.78. The van der Waals surface area contributed by atoms with Gasteiger partial charge in [-0.3, -0.25) is 9.69 Å². The van der Waals surface area contributed by atoms with Crippen molar-refractivity contribution in [2.75, 3.05) is 46.5 Å². The molecule has 1 fully saturated rings. The van der Waals surface area contributed by atoms with E-state index in [4.69, 9.17) is 26.4 Å². The summed E-state index contributed by atoms with van der Waals surface area (Å²) in [6.45, 7) is 4.36. The highest BCUT2D eigenvalue weighted by molar-refractivity contribution is 7.80. The number of thiocarbonyl (C=S) groups is 1. The van der Waals surface area contributed by atoms with E-state index >= 15 is 0 Å². The zero-order chi connectivity index (χ0) is 18.4. The summed E-state index contributed by atoms with van der Waals surface area (Å²) < 4.78 is 16.9. The predicted molar refractivity (Wildman–Crippen MR) is 104 cm³/mol. The highest BCUT2D eigenvalue weighted by Gasteiger charge is 2.16. The molecule has 0 atom stereocenters. The van der Waals surface area contributed by atoms with Gasteiger partial charge in [0.25, 0.3) is 0 Å². The quantitative estimate of drug-likeness (QED) is 0.767. The van der Waals surface area contributed by atoms with Gasteiger partial charge < -0.3 is 19.5 Å². The Balaban J connectivity index is 1.60. The van der Waals surface area contributed by atoms with Crippen LogP contribution in [0.25, 0.3) is 6.08 Å². The molecule has 7 heteroatoms. The molecule has 6 nitrogen and oxygen atoms in total. The van der Waals surface area contributed by atoms with Gasteiger partial charge in [-0.05, 0) is 48.5 Å². The van der Waals surface area contributed by atoms with E-state index in [9.17, 15) is 4.79 Å². The number of ether oxygens (including phenoxy) is 3. The second-order valence-electron chi connectivity index (χ2n) is 6.33. The van der Waals surface area contributed by atoms with Crippen LogP contribution in [-0.2, 0) is 9.53 Å². The highest BCUT2D eigenvalue weighted by atomic mass is 32.1. The molecule has 1 aromatic rings. The molecule has 2 aliphatic rings. The summed E-state index contributed by atoms with van der Waals surface area (Å²) in [6, 6.07) is 5.70. The second kappa shape index (κ2) is 9.12. The maximum absolute atomic E-state index is 11.4. The molecule has 0 unspecified atom stereocenters. The number of fused-ring (bicyclic) bond motifs is 1. The number of nitrogens with zero attached hydrogens (tertiary/aromatic N) is 1. The Morgan fingerprint density at radius 1 is 1.35 bits per heavy atom. The Kier molecular flexibility index (Phi) is 6.60. The Bertz CT molecular complexity index is 699. The van der Waals surface area contributed by atoms with Crippen LogP contribution in [0.1, 0.15) is 18.4 Å². The molecule has 0 aromatic heterocycles. The van der Waals surface area contributed by atoms with Crippen molar-refractivity contribution >= 4 is 29.3 Å². The van der Waals surface area contributed by atoms with Gasteiger partial charge in [0.05, 0.1) is 19.8 Å². The van der Waals surface area contributed by atoms with Crippen molar-refractivity contribution in [2.24, 2.45) is 0 Å². The van der Waals surface area contributed by atoms with Crippen LogP contribution in [0.5, 0.6) is 11.5 Å². The van der Waals surface area contributed by atoms with E-state index < -0.39 is 0 Å². The van der Waals surface area contributed by atoms with Crippen molar-refractivity contribution < 1.29 is 19.0 Å². The van der Waals surface area contributed by atoms with Gasteiger partial charge in [0.2, 0.25) is 5.91 Å². The number of rotatable bonds is 6. The third-order valence-electron chi connectivity index (χ3n) is 4.39. The summed E-state index contributed by atoms with van der Waals surface area (Å²) in [4.78, 5) is 13.6. The molecule has 0 saturated carbocycles. The number of morpholine rings is 1. The Morgan fingerprint density at radius 3 is 2.92 bits per heavy atom. The molecule has 0 radical (unpaired) electrons. The lowest BCUT2D eigenvalue weighted by molar-refractivity contribution is -0.120. The summed E-state index contributed by atoms with van der Waals surface area (Å²) in [6.07, 6.45) is 3.21. The van der Waals surface area contributed by atoms with Crippen molar-refractivity contribution in [3.63, 3.8) is 0 Å². The number of benzene rings is 1. The number of hydrogen-bond acceptors (Lipinski definition) is 6. The lowest BCUT2D eigenvalue weighted by atomic mass is 10.0. The fraction of sp³-hybridized carbons (Fsp3) is 0.474. The molecule has 3 rings (SSSR count). The lowest BCUT2D eigenvalue weighted by Crippen LogP contribution is -2.40. The van der Waals surface area contributed by atoms with Crippen LogP contribution < -0.4 is 14.8 Å². The van der Waals surface area contributed by atoms with Crippen LogP contribution in [-0.4, -0.2) is 62.4 Å². The summed E-state index contributed by atoms with van der Waals surface area (Å²) in [5.41, 5.74) is 2.05. The Morgan fingerprint density at radius 2 is 2.15 bits per heavy atom. The molecule has 140 valence electrons. The topological polar surface area (TPSA) is 60.0 Å². The van der Waals surface area contributed by atoms with E-state index in [-0.39, 0.29) is 5.91 Å². The zero-order valence-electron chi connectivity index (χ0n) is 15.0. The molecule has 0 spiro atoms. The molecular weight excluding hydrogens is 352 g/mol. The van der Waals surface area contributed by atoms with Crippen LogP contribution in [0.4, 0.5) is 0 Å². The van der Waals surface area contributed by atoms with Crippen LogP contribution in [0.15, 0.2) is 23.8 Å². The normalized spacial score (nSPS) is 16.9. The van der Waals surface area contributed by atoms with E-state index in [0.717, 1.165) is 43.2 Å². The van der Waals surface area contributed by atoms with E-state index in [1.54, 1.807) is 7.05 Å². The van der Waals surface area contributed by atoms with Crippen LogP contribution in [0, 0.1) is 0 Å². The molecule has 1 amide bonds. The number of amides is 1. The van der Waals surface area contributed by atoms with E-state index in [1.807, 2.05) is 18.2 Å². The average Bonchev–Trinajstić information content (AvgIpc) is 2.66. The largest absolute Gasteiger partial charge is 0.489 e. The summed E-state index contributed by atoms with van der Waals surface area (Å²) in [5.74, 6) is 1.55. The minimum Gasteiger partial charge on any atom is -0.489 e. The number of carbonyl (C=O) groups is 1. The lowest BCUT2D eigenvalue weighted by Gasteiger charge is -2.26. The van der Waals surface area contributed by atoms with Crippen molar-refractivity contribution in [1.29, 1.82) is 0 Å². The average molecular weight is 376 g/mol. The Labute approximate surface area is 159 Å².